The summed E-state index contributed by atoms with van der Waals surface area (Å²) in [5, 5.41) is 11.9. The van der Waals surface area contributed by atoms with Crippen LogP contribution in [0.2, 0.25) is 10.0 Å². The third-order valence-electron chi connectivity index (χ3n) is 3.60. The van der Waals surface area contributed by atoms with Gasteiger partial charge in [0.15, 0.2) is 11.8 Å². The van der Waals surface area contributed by atoms with Gasteiger partial charge >= 0.3 is 0 Å². The van der Waals surface area contributed by atoms with E-state index in [0.717, 1.165) is 11.5 Å². The Bertz CT molecular complexity index is 897. The molecule has 0 spiro atoms. The first-order valence-electron chi connectivity index (χ1n) is 7.72. The second-order valence-electron chi connectivity index (χ2n) is 5.42. The van der Waals surface area contributed by atoms with E-state index in [4.69, 9.17) is 27.9 Å². The Labute approximate surface area is 154 Å². The van der Waals surface area contributed by atoms with E-state index in [9.17, 15) is 4.79 Å². The van der Waals surface area contributed by atoms with Gasteiger partial charge in [0.25, 0.3) is 5.91 Å². The van der Waals surface area contributed by atoms with Crippen molar-refractivity contribution in [1.82, 2.24) is 19.9 Å². The molecule has 0 aliphatic carbocycles. The minimum Gasteiger partial charge on any atom is -0.479 e. The highest BCUT2D eigenvalue weighted by atomic mass is 35.5. The molecule has 1 N–H and O–H groups in total. The van der Waals surface area contributed by atoms with E-state index < -0.39 is 6.10 Å². The predicted octanol–water partition coefficient (Wildman–Crippen LogP) is 3.16. The summed E-state index contributed by atoms with van der Waals surface area (Å²) < 4.78 is 7.47. The van der Waals surface area contributed by atoms with Gasteiger partial charge in [0.05, 0.1) is 5.02 Å². The first kappa shape index (κ1) is 17.5. The maximum absolute atomic E-state index is 12.2. The van der Waals surface area contributed by atoms with Crippen molar-refractivity contribution in [3.63, 3.8) is 0 Å². The van der Waals surface area contributed by atoms with Crippen molar-refractivity contribution in [3.8, 4) is 5.75 Å². The Morgan fingerprint density at radius 2 is 2.12 bits per heavy atom. The molecule has 1 atom stereocenters. The number of benzene rings is 1. The number of amides is 1. The Kier molecular flexibility index (Phi) is 5.40. The van der Waals surface area contributed by atoms with Gasteiger partial charge in [0, 0.05) is 24.2 Å². The topological polar surface area (TPSA) is 68.5 Å². The molecule has 3 aromatic rings. The van der Waals surface area contributed by atoms with Crippen molar-refractivity contribution in [2.24, 2.45) is 0 Å². The second-order valence-corrected chi connectivity index (χ2v) is 6.26. The van der Waals surface area contributed by atoms with E-state index in [1.54, 1.807) is 25.1 Å². The number of hydrogen-bond acceptors (Lipinski definition) is 4. The number of pyridine rings is 1. The van der Waals surface area contributed by atoms with Crippen LogP contribution in [0.3, 0.4) is 0 Å². The molecule has 2 aromatic heterocycles. The molecule has 0 radical (unpaired) electrons. The maximum atomic E-state index is 12.2. The summed E-state index contributed by atoms with van der Waals surface area (Å²) in [6.45, 7) is 2.09. The minimum absolute atomic E-state index is 0.236. The largest absolute Gasteiger partial charge is 0.479 e. The van der Waals surface area contributed by atoms with Crippen molar-refractivity contribution in [1.29, 1.82) is 0 Å². The van der Waals surface area contributed by atoms with Gasteiger partial charge in [-0.3, -0.25) is 9.20 Å². The smallest absolute Gasteiger partial charge is 0.260 e. The summed E-state index contributed by atoms with van der Waals surface area (Å²) >= 11 is 11.9. The van der Waals surface area contributed by atoms with Gasteiger partial charge in [-0.15, -0.1) is 10.2 Å². The number of halogens is 2. The van der Waals surface area contributed by atoms with E-state index in [1.807, 2.05) is 28.8 Å². The molecule has 130 valence electrons. The molecule has 6 nitrogen and oxygen atoms in total. The normalized spacial score (nSPS) is 12.1. The summed E-state index contributed by atoms with van der Waals surface area (Å²) in [4.78, 5) is 12.2. The van der Waals surface area contributed by atoms with E-state index >= 15 is 0 Å². The first-order chi connectivity index (χ1) is 12.0. The van der Waals surface area contributed by atoms with Gasteiger partial charge in [-0.1, -0.05) is 29.3 Å². The molecule has 1 amide bonds. The van der Waals surface area contributed by atoms with Crippen LogP contribution in [0, 0.1) is 0 Å². The Balaban J connectivity index is 1.53. The summed E-state index contributed by atoms with van der Waals surface area (Å²) in [6.07, 6.45) is 1.76. The van der Waals surface area contributed by atoms with Crippen LogP contribution in [0.5, 0.6) is 5.75 Å². The number of nitrogens with zero attached hydrogens (tertiary/aromatic N) is 3. The van der Waals surface area contributed by atoms with Gasteiger partial charge in [-0.05, 0) is 37.3 Å². The minimum atomic E-state index is -0.686. The molecule has 0 saturated carbocycles. The van der Waals surface area contributed by atoms with Crippen LogP contribution in [-0.2, 0) is 11.2 Å². The third kappa shape index (κ3) is 4.21. The fraction of sp³-hybridized carbons (Fsp3) is 0.235. The number of fused-ring (bicyclic) bond motifs is 1. The molecule has 1 aromatic carbocycles. The standard InChI is InChI=1S/C17H16Cl2N4O2/c1-11(25-14-6-5-12(18)10-13(14)19)17(24)20-8-7-16-22-21-15-4-2-3-9-23(15)16/h2-6,9-11H,7-8H2,1H3,(H,20,24). The molecule has 0 aliphatic rings. The zero-order chi connectivity index (χ0) is 17.8. The average molecular weight is 379 g/mol. The van der Waals surface area contributed by atoms with Crippen molar-refractivity contribution < 1.29 is 9.53 Å². The molecule has 0 aliphatic heterocycles. The molecule has 0 fully saturated rings. The zero-order valence-corrected chi connectivity index (χ0v) is 15.0. The lowest BCUT2D eigenvalue weighted by molar-refractivity contribution is -0.127. The SMILES string of the molecule is CC(Oc1ccc(Cl)cc1Cl)C(=O)NCCc1nnc2ccccn12. The number of ether oxygens (including phenoxy) is 1. The van der Waals surface area contributed by atoms with Crippen LogP contribution in [0.1, 0.15) is 12.7 Å². The van der Waals surface area contributed by atoms with E-state index in [2.05, 4.69) is 15.5 Å². The van der Waals surface area contributed by atoms with Crippen molar-refractivity contribution in [3.05, 3.63) is 58.5 Å². The summed E-state index contributed by atoms with van der Waals surface area (Å²) in [7, 11) is 0. The molecule has 25 heavy (non-hydrogen) atoms. The summed E-state index contributed by atoms with van der Waals surface area (Å²) in [5.41, 5.74) is 0.776. The molecular weight excluding hydrogens is 363 g/mol. The summed E-state index contributed by atoms with van der Waals surface area (Å²) in [6, 6.07) is 10.5. The lowest BCUT2D eigenvalue weighted by Crippen LogP contribution is -2.37. The number of carbonyl (C=O) groups excluding carboxylic acids is 1. The molecule has 1 unspecified atom stereocenters. The van der Waals surface area contributed by atoms with Gasteiger partial charge in [-0.25, -0.2) is 0 Å². The molecule has 2 heterocycles. The van der Waals surface area contributed by atoms with Crippen molar-refractivity contribution in [2.75, 3.05) is 6.54 Å². The van der Waals surface area contributed by atoms with Crippen LogP contribution < -0.4 is 10.1 Å². The van der Waals surface area contributed by atoms with Crippen LogP contribution >= 0.6 is 23.2 Å². The molecular formula is C17H16Cl2N4O2. The second kappa shape index (κ2) is 7.72. The zero-order valence-electron chi connectivity index (χ0n) is 13.4. The Hall–Kier alpha value is -2.31. The fourth-order valence-corrected chi connectivity index (χ4v) is 2.77. The van der Waals surface area contributed by atoms with Crippen molar-refractivity contribution >= 4 is 34.8 Å². The van der Waals surface area contributed by atoms with Gasteiger partial charge in [0.1, 0.15) is 11.6 Å². The number of aromatic nitrogens is 3. The number of carbonyl (C=O) groups is 1. The average Bonchev–Trinajstić information content (AvgIpc) is 3.00. The number of hydrogen-bond donors (Lipinski definition) is 1. The Morgan fingerprint density at radius 3 is 2.92 bits per heavy atom. The predicted molar refractivity (Wildman–Crippen MR) is 96.3 cm³/mol. The highest BCUT2D eigenvalue weighted by Crippen LogP contribution is 2.28. The van der Waals surface area contributed by atoms with Gasteiger partial charge in [-0.2, -0.15) is 0 Å². The molecule has 8 heteroatoms. The van der Waals surface area contributed by atoms with Crippen LogP contribution in [0.15, 0.2) is 42.6 Å². The van der Waals surface area contributed by atoms with Crippen LogP contribution in [0.25, 0.3) is 5.65 Å². The van der Waals surface area contributed by atoms with E-state index in [1.165, 1.54) is 0 Å². The van der Waals surface area contributed by atoms with E-state index in [-0.39, 0.29) is 5.91 Å². The number of rotatable bonds is 6. The molecule has 0 saturated heterocycles. The first-order valence-corrected chi connectivity index (χ1v) is 8.48. The van der Waals surface area contributed by atoms with Crippen LogP contribution in [0.4, 0.5) is 0 Å². The van der Waals surface area contributed by atoms with Crippen LogP contribution in [-0.4, -0.2) is 33.2 Å². The monoisotopic (exact) mass is 378 g/mol. The molecule has 0 bridgehead atoms. The highest BCUT2D eigenvalue weighted by molar-refractivity contribution is 6.35. The Morgan fingerprint density at radius 1 is 1.28 bits per heavy atom. The number of nitrogens with one attached hydrogen (secondary N) is 1. The molecule has 3 rings (SSSR count). The van der Waals surface area contributed by atoms with Gasteiger partial charge in [0.2, 0.25) is 0 Å². The summed E-state index contributed by atoms with van der Waals surface area (Å²) in [5.74, 6) is 0.960. The van der Waals surface area contributed by atoms with Crippen molar-refractivity contribution in [2.45, 2.75) is 19.4 Å². The van der Waals surface area contributed by atoms with Gasteiger partial charge < -0.3 is 10.1 Å². The lowest BCUT2D eigenvalue weighted by Gasteiger charge is -2.15. The van der Waals surface area contributed by atoms with E-state index in [0.29, 0.717) is 28.8 Å². The fourth-order valence-electron chi connectivity index (χ4n) is 2.32. The highest BCUT2D eigenvalue weighted by Gasteiger charge is 2.16. The quantitative estimate of drug-likeness (QED) is 0.715. The maximum Gasteiger partial charge on any atom is 0.260 e. The third-order valence-corrected chi connectivity index (χ3v) is 4.13. The lowest BCUT2D eigenvalue weighted by atomic mass is 10.3.